The summed E-state index contributed by atoms with van der Waals surface area (Å²) in [6, 6.07) is 18.4. The highest BCUT2D eigenvalue weighted by Gasteiger charge is 2.21. The zero-order valence-electron chi connectivity index (χ0n) is 20.2. The van der Waals surface area contributed by atoms with Gasteiger partial charge in [0.15, 0.2) is 5.13 Å². The van der Waals surface area contributed by atoms with Crippen molar-refractivity contribution in [2.75, 3.05) is 30.9 Å². The molecule has 1 amide bonds. The van der Waals surface area contributed by atoms with Crippen molar-refractivity contribution in [3.63, 3.8) is 0 Å². The number of aromatic nitrogens is 1. The predicted molar refractivity (Wildman–Crippen MR) is 142 cm³/mol. The molecule has 0 saturated carbocycles. The van der Waals surface area contributed by atoms with Crippen molar-refractivity contribution in [1.82, 2.24) is 4.98 Å². The van der Waals surface area contributed by atoms with Gasteiger partial charge in [-0.25, -0.2) is 13.4 Å². The summed E-state index contributed by atoms with van der Waals surface area (Å²) in [5.74, 6) is 0.946. The van der Waals surface area contributed by atoms with Crippen LogP contribution in [0.4, 0.5) is 10.8 Å². The molecule has 0 unspecified atom stereocenters. The lowest BCUT2D eigenvalue weighted by Crippen LogP contribution is -2.26. The molecule has 1 heterocycles. The molecule has 0 aliphatic rings. The Balaban J connectivity index is 1.48. The molecule has 0 fully saturated rings. The summed E-state index contributed by atoms with van der Waals surface area (Å²) in [6.07, 6.45) is 0. The van der Waals surface area contributed by atoms with E-state index in [2.05, 4.69) is 10.3 Å². The van der Waals surface area contributed by atoms with Crippen molar-refractivity contribution in [3.8, 4) is 22.8 Å². The largest absolute Gasteiger partial charge is 0.497 e. The van der Waals surface area contributed by atoms with Crippen LogP contribution in [-0.4, -0.2) is 40.6 Å². The molecular formula is C26H25N3O5S2. The number of nitrogens with one attached hydrogen (secondary N) is 1. The number of carbonyl (C=O) groups is 1. The van der Waals surface area contributed by atoms with Crippen LogP contribution in [0.25, 0.3) is 11.3 Å². The van der Waals surface area contributed by atoms with E-state index in [4.69, 9.17) is 9.47 Å². The normalized spacial score (nSPS) is 11.1. The third kappa shape index (κ3) is 5.19. The van der Waals surface area contributed by atoms with Gasteiger partial charge in [-0.2, -0.15) is 0 Å². The summed E-state index contributed by atoms with van der Waals surface area (Å²) in [5, 5.41) is 5.03. The van der Waals surface area contributed by atoms with Gasteiger partial charge >= 0.3 is 0 Å². The van der Waals surface area contributed by atoms with E-state index in [1.807, 2.05) is 18.4 Å². The lowest BCUT2D eigenvalue weighted by Gasteiger charge is -2.20. The van der Waals surface area contributed by atoms with Crippen LogP contribution in [-0.2, 0) is 10.0 Å². The number of rotatable bonds is 8. The van der Waals surface area contributed by atoms with E-state index in [9.17, 15) is 13.2 Å². The fourth-order valence-electron chi connectivity index (χ4n) is 3.47. The highest BCUT2D eigenvalue weighted by atomic mass is 32.2. The van der Waals surface area contributed by atoms with Gasteiger partial charge in [0, 0.05) is 23.6 Å². The van der Waals surface area contributed by atoms with Crippen molar-refractivity contribution < 1.29 is 22.7 Å². The quantitative estimate of drug-likeness (QED) is 0.340. The Labute approximate surface area is 214 Å². The Morgan fingerprint density at radius 2 is 1.67 bits per heavy atom. The molecule has 1 N–H and O–H groups in total. The first-order valence-electron chi connectivity index (χ1n) is 10.9. The molecule has 1 aromatic heterocycles. The summed E-state index contributed by atoms with van der Waals surface area (Å²) in [5.41, 5.74) is 3.17. The number of anilines is 2. The van der Waals surface area contributed by atoms with E-state index in [1.165, 1.54) is 22.7 Å². The van der Waals surface area contributed by atoms with E-state index in [-0.39, 0.29) is 10.8 Å². The van der Waals surface area contributed by atoms with Gasteiger partial charge < -0.3 is 9.47 Å². The Morgan fingerprint density at radius 3 is 2.31 bits per heavy atom. The monoisotopic (exact) mass is 523 g/mol. The first kappa shape index (κ1) is 25.2. The summed E-state index contributed by atoms with van der Waals surface area (Å²) >= 11 is 1.28. The van der Waals surface area contributed by atoms with Crippen LogP contribution in [0.3, 0.4) is 0 Å². The number of hydrogen-bond acceptors (Lipinski definition) is 7. The zero-order chi connectivity index (χ0) is 25.9. The molecule has 0 aliphatic heterocycles. The van der Waals surface area contributed by atoms with Gasteiger partial charge in [-0.05, 0) is 61.5 Å². The Kier molecular flexibility index (Phi) is 7.27. The number of carbonyl (C=O) groups excluding carboxylic acids is 1. The summed E-state index contributed by atoms with van der Waals surface area (Å²) in [4.78, 5) is 17.5. The van der Waals surface area contributed by atoms with Gasteiger partial charge in [0.25, 0.3) is 15.9 Å². The number of nitrogens with zero attached hydrogens (tertiary/aromatic N) is 2. The standard InChI is InChI=1S/C26H25N3O5S2/c1-17-5-12-21(13-6-17)36(31,32)29(2)19-9-7-18(8-10-19)25(30)28-26-27-23(16-35-26)22-15-20(33-3)11-14-24(22)34-4/h5-16H,1-4H3,(H,27,28,30). The predicted octanol–water partition coefficient (Wildman–Crippen LogP) is 5.21. The Bertz CT molecular complexity index is 1480. The number of thiazole rings is 1. The number of aryl methyl sites for hydroxylation is 1. The molecule has 4 rings (SSSR count). The van der Waals surface area contributed by atoms with Crippen LogP contribution < -0.4 is 19.1 Å². The minimum Gasteiger partial charge on any atom is -0.497 e. The van der Waals surface area contributed by atoms with Gasteiger partial charge in [-0.1, -0.05) is 17.7 Å². The number of amides is 1. The molecule has 0 aliphatic carbocycles. The molecule has 3 aromatic carbocycles. The van der Waals surface area contributed by atoms with Crippen molar-refractivity contribution in [1.29, 1.82) is 0 Å². The first-order valence-corrected chi connectivity index (χ1v) is 13.2. The molecule has 8 nitrogen and oxygen atoms in total. The molecule has 0 spiro atoms. The van der Waals surface area contributed by atoms with Crippen LogP contribution in [0.5, 0.6) is 11.5 Å². The van der Waals surface area contributed by atoms with Crippen molar-refractivity contribution in [2.45, 2.75) is 11.8 Å². The van der Waals surface area contributed by atoms with E-state index in [1.54, 1.807) is 74.9 Å². The number of hydrogen-bond donors (Lipinski definition) is 1. The van der Waals surface area contributed by atoms with Crippen molar-refractivity contribution in [2.24, 2.45) is 0 Å². The van der Waals surface area contributed by atoms with Gasteiger partial charge in [0.05, 0.1) is 30.5 Å². The highest BCUT2D eigenvalue weighted by molar-refractivity contribution is 7.92. The maximum atomic E-state index is 12.9. The number of ether oxygens (including phenoxy) is 2. The van der Waals surface area contributed by atoms with E-state index in [0.717, 1.165) is 11.1 Å². The molecule has 0 atom stereocenters. The summed E-state index contributed by atoms with van der Waals surface area (Å²) in [6.45, 7) is 1.89. The van der Waals surface area contributed by atoms with E-state index in [0.29, 0.717) is 33.6 Å². The van der Waals surface area contributed by atoms with E-state index >= 15 is 0 Å². The van der Waals surface area contributed by atoms with Crippen LogP contribution >= 0.6 is 11.3 Å². The molecule has 0 radical (unpaired) electrons. The zero-order valence-corrected chi connectivity index (χ0v) is 21.8. The second-order valence-electron chi connectivity index (χ2n) is 7.89. The number of sulfonamides is 1. The van der Waals surface area contributed by atoms with Gasteiger partial charge in [-0.15, -0.1) is 11.3 Å². The smallest absolute Gasteiger partial charge is 0.264 e. The SMILES string of the molecule is COc1ccc(OC)c(-c2csc(NC(=O)c3ccc(N(C)S(=O)(=O)c4ccc(C)cc4)cc3)n2)c1. The van der Waals surface area contributed by atoms with Crippen molar-refractivity contribution in [3.05, 3.63) is 83.2 Å². The number of methoxy groups -OCH3 is 2. The molecule has 0 bridgehead atoms. The molecule has 10 heteroatoms. The first-order chi connectivity index (χ1) is 17.2. The summed E-state index contributed by atoms with van der Waals surface area (Å²) in [7, 11) is 0.920. The van der Waals surface area contributed by atoms with Crippen LogP contribution in [0.2, 0.25) is 0 Å². The lowest BCUT2D eigenvalue weighted by atomic mass is 10.1. The topological polar surface area (TPSA) is 97.8 Å². The third-order valence-electron chi connectivity index (χ3n) is 5.58. The van der Waals surface area contributed by atoms with E-state index < -0.39 is 10.0 Å². The molecular weight excluding hydrogens is 498 g/mol. The Morgan fingerprint density at radius 1 is 0.972 bits per heavy atom. The van der Waals surface area contributed by atoms with Crippen molar-refractivity contribution >= 4 is 38.1 Å². The molecule has 0 saturated heterocycles. The molecule has 186 valence electrons. The number of benzene rings is 3. The fraction of sp³-hybridized carbons (Fsp3) is 0.154. The van der Waals surface area contributed by atoms with Crippen LogP contribution in [0.1, 0.15) is 15.9 Å². The maximum absolute atomic E-state index is 12.9. The maximum Gasteiger partial charge on any atom is 0.264 e. The van der Waals surface area contributed by atoms with Crippen LogP contribution in [0.15, 0.2) is 77.0 Å². The Hall–Kier alpha value is -3.89. The molecule has 36 heavy (non-hydrogen) atoms. The van der Waals surface area contributed by atoms with Gasteiger partial charge in [0.2, 0.25) is 0 Å². The average molecular weight is 524 g/mol. The lowest BCUT2D eigenvalue weighted by molar-refractivity contribution is 0.102. The third-order valence-corrected chi connectivity index (χ3v) is 8.14. The minimum absolute atomic E-state index is 0.199. The van der Waals surface area contributed by atoms with Gasteiger partial charge in [-0.3, -0.25) is 14.4 Å². The second kappa shape index (κ2) is 10.4. The molecule has 4 aromatic rings. The fourth-order valence-corrected chi connectivity index (χ4v) is 5.37. The van der Waals surface area contributed by atoms with Crippen LogP contribution in [0, 0.1) is 6.92 Å². The summed E-state index contributed by atoms with van der Waals surface area (Å²) < 4.78 is 37.8. The minimum atomic E-state index is -3.72. The highest BCUT2D eigenvalue weighted by Crippen LogP contribution is 2.35. The van der Waals surface area contributed by atoms with Gasteiger partial charge in [0.1, 0.15) is 11.5 Å². The average Bonchev–Trinajstić information content (AvgIpc) is 3.36. The second-order valence-corrected chi connectivity index (χ2v) is 10.7.